The third-order valence-corrected chi connectivity index (χ3v) is 4.07. The van der Waals surface area contributed by atoms with Gasteiger partial charge in [0.1, 0.15) is 0 Å². The van der Waals surface area contributed by atoms with Gasteiger partial charge in [0.15, 0.2) is 0 Å². The Morgan fingerprint density at radius 2 is 1.59 bits per heavy atom. The Balaban J connectivity index is 4.00. The van der Waals surface area contributed by atoms with Crippen LogP contribution in [0.15, 0.2) is 0 Å². The van der Waals surface area contributed by atoms with Crippen LogP contribution in [0.2, 0.25) is 0 Å². The Bertz CT molecular complexity index is 216. The predicted octanol–water partition coefficient (Wildman–Crippen LogP) is 2.79. The van der Waals surface area contributed by atoms with Crippen molar-refractivity contribution >= 4 is 23.6 Å². The first-order valence-electron chi connectivity index (χ1n) is 6.15. The van der Waals surface area contributed by atoms with Gasteiger partial charge in [0.25, 0.3) is 0 Å². The molecule has 0 aromatic rings. The van der Waals surface area contributed by atoms with E-state index in [0.29, 0.717) is 0 Å². The molecule has 0 rings (SSSR count). The minimum atomic E-state index is -0.166. The molecular formula is C12H28Cl2N3+. The topological polar surface area (TPSA) is 6.48 Å². The minimum Gasteiger partial charge on any atom is -0.328 e. The van der Waals surface area contributed by atoms with Gasteiger partial charge in [0.05, 0.1) is 32.7 Å². The van der Waals surface area contributed by atoms with Crippen LogP contribution in [0.3, 0.4) is 0 Å². The van der Waals surface area contributed by atoms with Crippen LogP contribution in [0.1, 0.15) is 26.7 Å². The average Bonchev–Trinajstić information content (AvgIpc) is 2.14. The molecule has 0 saturated carbocycles. The lowest BCUT2D eigenvalue weighted by atomic mass is 10.0. The minimum absolute atomic E-state index is 0.166. The zero-order valence-electron chi connectivity index (χ0n) is 12.1. The van der Waals surface area contributed by atoms with Gasteiger partial charge in [-0.1, -0.05) is 0 Å². The van der Waals surface area contributed by atoms with Gasteiger partial charge < -0.3 is 9.38 Å². The Hall–Kier alpha value is 0.460. The summed E-state index contributed by atoms with van der Waals surface area (Å²) in [5, 5.41) is 0. The Morgan fingerprint density at radius 1 is 1.06 bits per heavy atom. The first-order valence-corrected chi connectivity index (χ1v) is 6.83. The van der Waals surface area contributed by atoms with Crippen molar-refractivity contribution in [1.82, 2.24) is 8.84 Å². The summed E-state index contributed by atoms with van der Waals surface area (Å²) in [5.41, 5.74) is -0.166. The molecule has 0 bridgehead atoms. The molecule has 0 radical (unpaired) electrons. The van der Waals surface area contributed by atoms with Crippen LogP contribution in [0, 0.1) is 0 Å². The van der Waals surface area contributed by atoms with E-state index in [1.54, 1.807) is 0 Å². The summed E-state index contributed by atoms with van der Waals surface area (Å²) in [6.07, 6.45) is 2.20. The molecule has 5 heteroatoms. The third kappa shape index (κ3) is 8.22. The summed E-state index contributed by atoms with van der Waals surface area (Å²) in [6.45, 7) is 7.52. The first-order chi connectivity index (χ1) is 7.57. The van der Waals surface area contributed by atoms with Crippen molar-refractivity contribution in [3.8, 4) is 0 Å². The molecule has 3 nitrogen and oxygen atoms in total. The SMILES string of the molecule is CN(C)CCC[N+](C)(C)CCC(C)(C)N(Cl)Cl. The Kier molecular flexibility index (Phi) is 7.34. The molecule has 0 aliphatic rings. The van der Waals surface area contributed by atoms with Crippen molar-refractivity contribution in [3.05, 3.63) is 0 Å². The van der Waals surface area contributed by atoms with E-state index < -0.39 is 0 Å². The number of quaternary nitrogens is 1. The van der Waals surface area contributed by atoms with Crippen molar-refractivity contribution in [2.75, 3.05) is 47.8 Å². The molecule has 0 aliphatic carbocycles. The van der Waals surface area contributed by atoms with E-state index in [9.17, 15) is 0 Å². The Labute approximate surface area is 117 Å². The third-order valence-electron chi connectivity index (χ3n) is 3.16. The molecule has 17 heavy (non-hydrogen) atoms. The molecule has 104 valence electrons. The molecule has 0 amide bonds. The highest BCUT2D eigenvalue weighted by atomic mass is 35.5. The number of hydrogen-bond acceptors (Lipinski definition) is 2. The van der Waals surface area contributed by atoms with Crippen molar-refractivity contribution in [1.29, 1.82) is 0 Å². The van der Waals surface area contributed by atoms with Crippen molar-refractivity contribution in [2.24, 2.45) is 0 Å². The summed E-state index contributed by atoms with van der Waals surface area (Å²) in [5.74, 6) is 0. The molecule has 0 aromatic carbocycles. The predicted molar refractivity (Wildman–Crippen MR) is 77.3 cm³/mol. The second-order valence-corrected chi connectivity index (χ2v) is 7.18. The van der Waals surface area contributed by atoms with Crippen LogP contribution in [0.4, 0.5) is 0 Å². The molecule has 0 atom stereocenters. The number of rotatable bonds is 8. The van der Waals surface area contributed by atoms with Crippen LogP contribution in [-0.2, 0) is 0 Å². The average molecular weight is 285 g/mol. The second-order valence-electron chi connectivity index (χ2n) is 6.34. The zero-order chi connectivity index (χ0) is 13.7. The van der Waals surface area contributed by atoms with Crippen LogP contribution in [0.5, 0.6) is 0 Å². The summed E-state index contributed by atoms with van der Waals surface area (Å²) in [6, 6.07) is 0. The number of hydrogen-bond donors (Lipinski definition) is 0. The first kappa shape index (κ1) is 17.5. The lowest BCUT2D eigenvalue weighted by Crippen LogP contribution is -2.46. The fraction of sp³-hybridized carbons (Fsp3) is 1.00. The van der Waals surface area contributed by atoms with Gasteiger partial charge in [-0.25, -0.2) is 0 Å². The zero-order valence-corrected chi connectivity index (χ0v) is 13.6. The quantitative estimate of drug-likeness (QED) is 0.500. The lowest BCUT2D eigenvalue weighted by Gasteiger charge is -2.35. The van der Waals surface area contributed by atoms with E-state index in [-0.39, 0.29) is 5.54 Å². The van der Waals surface area contributed by atoms with Gasteiger partial charge in [-0.2, -0.15) is 0 Å². The molecule has 0 aromatic heterocycles. The van der Waals surface area contributed by atoms with E-state index in [2.05, 4.69) is 46.9 Å². The standard InChI is InChI=1S/C12H28Cl2N3/c1-12(2,16(13)14)8-11-17(5,6)10-7-9-15(3)4/h7-11H2,1-6H3/q+1. The maximum atomic E-state index is 5.83. The van der Waals surface area contributed by atoms with E-state index >= 15 is 0 Å². The highest BCUT2D eigenvalue weighted by molar-refractivity contribution is 6.34. The van der Waals surface area contributed by atoms with Crippen molar-refractivity contribution < 1.29 is 4.48 Å². The summed E-state index contributed by atoms with van der Waals surface area (Å²) in [7, 11) is 8.75. The maximum Gasteiger partial charge on any atom is 0.0801 e. The smallest absolute Gasteiger partial charge is 0.0801 e. The van der Waals surface area contributed by atoms with E-state index in [4.69, 9.17) is 23.6 Å². The molecule has 0 aliphatic heterocycles. The van der Waals surface area contributed by atoms with E-state index in [1.807, 2.05) is 0 Å². The van der Waals surface area contributed by atoms with Crippen molar-refractivity contribution in [2.45, 2.75) is 32.2 Å². The summed E-state index contributed by atoms with van der Waals surface area (Å²) >= 11 is 11.7. The highest BCUT2D eigenvalue weighted by Crippen LogP contribution is 2.24. The van der Waals surface area contributed by atoms with E-state index in [1.165, 1.54) is 16.9 Å². The molecule has 0 fully saturated rings. The largest absolute Gasteiger partial charge is 0.328 e. The fourth-order valence-corrected chi connectivity index (χ4v) is 1.76. The molecule has 0 saturated heterocycles. The van der Waals surface area contributed by atoms with Crippen molar-refractivity contribution in [3.63, 3.8) is 0 Å². The van der Waals surface area contributed by atoms with E-state index in [0.717, 1.165) is 24.0 Å². The fourth-order valence-electron chi connectivity index (χ4n) is 1.59. The van der Waals surface area contributed by atoms with Gasteiger partial charge in [-0.05, 0) is 51.5 Å². The highest BCUT2D eigenvalue weighted by Gasteiger charge is 2.28. The Morgan fingerprint density at radius 3 is 2.00 bits per heavy atom. The van der Waals surface area contributed by atoms with Gasteiger partial charge in [-0.15, -0.1) is 3.94 Å². The van der Waals surface area contributed by atoms with Crippen LogP contribution in [-0.4, -0.2) is 66.7 Å². The van der Waals surface area contributed by atoms with Gasteiger partial charge >= 0.3 is 0 Å². The second kappa shape index (κ2) is 7.15. The number of nitrogens with zero attached hydrogens (tertiary/aromatic N) is 3. The van der Waals surface area contributed by atoms with Crippen LogP contribution in [0.25, 0.3) is 0 Å². The monoisotopic (exact) mass is 284 g/mol. The van der Waals surface area contributed by atoms with Crippen LogP contribution >= 0.6 is 23.6 Å². The number of halogens is 2. The molecular weight excluding hydrogens is 257 g/mol. The summed E-state index contributed by atoms with van der Waals surface area (Å²) < 4.78 is 2.28. The lowest BCUT2D eigenvalue weighted by molar-refractivity contribution is -0.891. The van der Waals surface area contributed by atoms with Gasteiger partial charge in [0, 0.05) is 19.4 Å². The molecule has 0 unspecified atom stereocenters. The summed E-state index contributed by atoms with van der Waals surface area (Å²) in [4.78, 5) is 2.23. The molecule has 0 spiro atoms. The molecule has 0 heterocycles. The van der Waals surface area contributed by atoms with Crippen LogP contribution < -0.4 is 0 Å². The maximum absolute atomic E-state index is 5.83. The molecule has 0 N–H and O–H groups in total. The normalized spacial score (nSPS) is 13.8. The van der Waals surface area contributed by atoms with Gasteiger partial charge in [0.2, 0.25) is 0 Å². The van der Waals surface area contributed by atoms with Gasteiger partial charge in [-0.3, -0.25) is 0 Å².